The molecule has 0 radical (unpaired) electrons. The average Bonchev–Trinajstić information content (AvgIpc) is 2.54. The first-order chi connectivity index (χ1) is 6.65. The first-order valence-electron chi connectivity index (χ1n) is 4.69. The summed E-state index contributed by atoms with van der Waals surface area (Å²) >= 11 is 0. The molecule has 82 valence electrons. The number of nitrogens with one attached hydrogen (secondary N) is 1. The normalized spacial score (nSPS) is 53.1. The maximum atomic E-state index is 9.65. The molecular formula is C8H15NO5. The van der Waals surface area contributed by atoms with Crippen molar-refractivity contribution in [3.63, 3.8) is 0 Å². The standard InChI is InChI=1S/C8H15NO5/c10-2-4-6(12)7(13)5-8(14-4)3(11)1-9-5/h3-13H,1-2H2. The van der Waals surface area contributed by atoms with E-state index in [1.165, 1.54) is 0 Å². The zero-order valence-corrected chi connectivity index (χ0v) is 7.58. The largest absolute Gasteiger partial charge is 0.394 e. The van der Waals surface area contributed by atoms with Crippen LogP contribution in [0.4, 0.5) is 0 Å². The van der Waals surface area contributed by atoms with Crippen molar-refractivity contribution in [2.45, 2.75) is 36.6 Å². The molecule has 0 aliphatic carbocycles. The van der Waals surface area contributed by atoms with E-state index in [1.54, 1.807) is 0 Å². The van der Waals surface area contributed by atoms with Gasteiger partial charge in [-0.2, -0.15) is 0 Å². The van der Waals surface area contributed by atoms with Crippen LogP contribution in [-0.2, 0) is 4.74 Å². The van der Waals surface area contributed by atoms with Crippen LogP contribution >= 0.6 is 0 Å². The third kappa shape index (κ3) is 1.44. The molecule has 6 nitrogen and oxygen atoms in total. The summed E-state index contributed by atoms with van der Waals surface area (Å²) in [6.45, 7) is -0.0363. The highest BCUT2D eigenvalue weighted by atomic mass is 16.5. The number of aliphatic hydroxyl groups excluding tert-OH is 4. The van der Waals surface area contributed by atoms with Crippen LogP contribution in [0.15, 0.2) is 0 Å². The molecular weight excluding hydrogens is 190 g/mol. The Labute approximate surface area is 81.1 Å². The first kappa shape index (κ1) is 10.3. The van der Waals surface area contributed by atoms with E-state index in [0.717, 1.165) is 0 Å². The van der Waals surface area contributed by atoms with E-state index in [-0.39, 0.29) is 6.61 Å². The van der Waals surface area contributed by atoms with Crippen molar-refractivity contribution in [1.29, 1.82) is 0 Å². The molecule has 14 heavy (non-hydrogen) atoms. The molecule has 2 saturated heterocycles. The molecule has 2 aliphatic rings. The molecule has 6 unspecified atom stereocenters. The van der Waals surface area contributed by atoms with Crippen molar-refractivity contribution in [2.75, 3.05) is 13.2 Å². The van der Waals surface area contributed by atoms with Crippen molar-refractivity contribution in [1.82, 2.24) is 5.32 Å². The molecule has 0 saturated carbocycles. The predicted octanol–water partition coefficient (Wildman–Crippen LogP) is -3.20. The fourth-order valence-corrected chi connectivity index (χ4v) is 2.08. The molecule has 2 rings (SSSR count). The van der Waals surface area contributed by atoms with Gasteiger partial charge in [-0.25, -0.2) is 0 Å². The van der Waals surface area contributed by atoms with Crippen LogP contribution in [-0.4, -0.2) is 70.1 Å². The van der Waals surface area contributed by atoms with E-state index in [2.05, 4.69) is 5.32 Å². The van der Waals surface area contributed by atoms with E-state index in [9.17, 15) is 15.3 Å². The zero-order chi connectivity index (χ0) is 10.3. The number of rotatable bonds is 1. The Morgan fingerprint density at radius 1 is 1.21 bits per heavy atom. The minimum Gasteiger partial charge on any atom is -0.394 e. The minimum atomic E-state index is -1.11. The van der Waals surface area contributed by atoms with E-state index < -0.39 is 36.6 Å². The average molecular weight is 205 g/mol. The van der Waals surface area contributed by atoms with Crippen molar-refractivity contribution in [3.05, 3.63) is 0 Å². The number of β-amino-alcohol motifs (C(OH)–C–C–N with tert-alkyl or cyclic N) is 1. The molecule has 6 atom stereocenters. The SMILES string of the molecule is OCC1OC2C(O)CNC2C(O)C1O. The van der Waals surface area contributed by atoms with E-state index in [1.807, 2.05) is 0 Å². The van der Waals surface area contributed by atoms with Crippen LogP contribution in [0.3, 0.4) is 0 Å². The smallest absolute Gasteiger partial charge is 0.110 e. The Morgan fingerprint density at radius 2 is 1.93 bits per heavy atom. The van der Waals surface area contributed by atoms with Gasteiger partial charge < -0.3 is 30.5 Å². The molecule has 5 N–H and O–H groups in total. The van der Waals surface area contributed by atoms with E-state index in [0.29, 0.717) is 6.54 Å². The van der Waals surface area contributed by atoms with Crippen molar-refractivity contribution in [3.8, 4) is 0 Å². The molecule has 0 amide bonds. The van der Waals surface area contributed by atoms with Crippen LogP contribution in [0, 0.1) is 0 Å². The number of fused-ring (bicyclic) bond motifs is 1. The third-order valence-corrected chi connectivity index (χ3v) is 2.91. The van der Waals surface area contributed by atoms with Gasteiger partial charge >= 0.3 is 0 Å². The second-order valence-electron chi connectivity index (χ2n) is 3.80. The Bertz CT molecular complexity index is 214. The number of ether oxygens (including phenoxy) is 1. The van der Waals surface area contributed by atoms with Crippen molar-refractivity contribution < 1.29 is 25.2 Å². The van der Waals surface area contributed by atoms with Crippen molar-refractivity contribution in [2.24, 2.45) is 0 Å². The summed E-state index contributed by atoms with van der Waals surface area (Å²) in [5, 5.41) is 40.4. The maximum Gasteiger partial charge on any atom is 0.110 e. The topological polar surface area (TPSA) is 102 Å². The summed E-state index contributed by atoms with van der Waals surface area (Å²) in [6, 6.07) is -0.456. The molecule has 0 spiro atoms. The molecule has 6 heteroatoms. The Balaban J connectivity index is 2.12. The molecule has 0 aromatic rings. The monoisotopic (exact) mass is 205 g/mol. The summed E-state index contributed by atoms with van der Waals surface area (Å²) in [4.78, 5) is 0. The fourth-order valence-electron chi connectivity index (χ4n) is 2.08. The van der Waals surface area contributed by atoms with E-state index in [4.69, 9.17) is 9.84 Å². The molecule has 2 aliphatic heterocycles. The Morgan fingerprint density at radius 3 is 2.57 bits per heavy atom. The van der Waals surface area contributed by atoms with Crippen molar-refractivity contribution >= 4 is 0 Å². The summed E-state index contributed by atoms with van der Waals surface area (Å²) in [6.07, 6.45) is -4.19. The lowest BCUT2D eigenvalue weighted by atomic mass is 9.93. The van der Waals surface area contributed by atoms with E-state index >= 15 is 0 Å². The lowest BCUT2D eigenvalue weighted by Gasteiger charge is -2.39. The summed E-state index contributed by atoms with van der Waals surface area (Å²) in [7, 11) is 0. The van der Waals surface area contributed by atoms with Gasteiger partial charge in [-0.3, -0.25) is 0 Å². The minimum absolute atomic E-state index is 0.331. The van der Waals surface area contributed by atoms with Crippen LogP contribution < -0.4 is 5.32 Å². The second-order valence-corrected chi connectivity index (χ2v) is 3.80. The predicted molar refractivity (Wildman–Crippen MR) is 45.6 cm³/mol. The van der Waals surface area contributed by atoms with Crippen LogP contribution in [0.2, 0.25) is 0 Å². The highest BCUT2D eigenvalue weighted by Crippen LogP contribution is 2.26. The highest BCUT2D eigenvalue weighted by Gasteiger charge is 2.49. The molecule has 2 heterocycles. The van der Waals surface area contributed by atoms with Gasteiger partial charge in [-0.15, -0.1) is 0 Å². The van der Waals surface area contributed by atoms with Gasteiger partial charge in [0.15, 0.2) is 0 Å². The van der Waals surface area contributed by atoms with Gasteiger partial charge in [0, 0.05) is 6.54 Å². The second kappa shape index (κ2) is 3.73. The lowest BCUT2D eigenvalue weighted by molar-refractivity contribution is -0.199. The Hall–Kier alpha value is -0.240. The zero-order valence-electron chi connectivity index (χ0n) is 7.58. The molecule has 2 fully saturated rings. The quantitative estimate of drug-likeness (QED) is 0.309. The van der Waals surface area contributed by atoms with Crippen LogP contribution in [0.5, 0.6) is 0 Å². The summed E-state index contributed by atoms with van der Waals surface area (Å²) in [5.74, 6) is 0. The van der Waals surface area contributed by atoms with Crippen LogP contribution in [0.1, 0.15) is 0 Å². The van der Waals surface area contributed by atoms with Gasteiger partial charge in [-0.1, -0.05) is 0 Å². The molecule has 0 bridgehead atoms. The number of aliphatic hydroxyl groups is 4. The van der Waals surface area contributed by atoms with Gasteiger partial charge in [0.2, 0.25) is 0 Å². The molecule has 0 aromatic heterocycles. The lowest BCUT2D eigenvalue weighted by Crippen LogP contribution is -2.61. The molecule has 0 aromatic carbocycles. The first-order valence-corrected chi connectivity index (χ1v) is 4.69. The third-order valence-electron chi connectivity index (χ3n) is 2.91. The number of hydrogen-bond acceptors (Lipinski definition) is 6. The highest BCUT2D eigenvalue weighted by molar-refractivity contribution is 5.03. The van der Waals surface area contributed by atoms with Gasteiger partial charge in [0.05, 0.1) is 18.8 Å². The fraction of sp³-hybridized carbons (Fsp3) is 1.00. The van der Waals surface area contributed by atoms with Gasteiger partial charge in [0.25, 0.3) is 0 Å². The number of hydrogen-bond donors (Lipinski definition) is 5. The summed E-state index contributed by atoms with van der Waals surface area (Å²) in [5.41, 5.74) is 0. The van der Waals surface area contributed by atoms with Gasteiger partial charge in [0.1, 0.15) is 24.4 Å². The summed E-state index contributed by atoms with van der Waals surface area (Å²) < 4.78 is 5.28. The van der Waals surface area contributed by atoms with Crippen LogP contribution in [0.25, 0.3) is 0 Å². The Kier molecular flexibility index (Phi) is 2.74. The maximum absolute atomic E-state index is 9.65. The van der Waals surface area contributed by atoms with Gasteiger partial charge in [-0.05, 0) is 0 Å².